The third kappa shape index (κ3) is 6.90. The van der Waals surface area contributed by atoms with Crippen molar-refractivity contribution in [3.05, 3.63) is 41.0 Å². The zero-order chi connectivity index (χ0) is 22.7. The summed E-state index contributed by atoms with van der Waals surface area (Å²) in [6, 6.07) is 7.03. The molecule has 1 aromatic rings. The molecule has 1 aliphatic rings. The molecule has 1 aromatic carbocycles. The normalized spacial score (nSPS) is 21.0. The number of rotatable bonds is 15. The summed E-state index contributed by atoms with van der Waals surface area (Å²) in [5, 5.41) is 11.5. The Hall–Kier alpha value is -1.17. The summed E-state index contributed by atoms with van der Waals surface area (Å²) in [5.41, 5.74) is 1.96. The average molecular weight is 451 g/mol. The topological polar surface area (TPSA) is 74.6 Å². The van der Waals surface area contributed by atoms with Crippen LogP contribution in [0.25, 0.3) is 6.08 Å². The molecule has 0 bridgehead atoms. The first kappa shape index (κ1) is 26.1. The first-order valence-corrected chi connectivity index (χ1v) is 13.8. The molecule has 0 saturated carbocycles. The lowest BCUT2D eigenvalue weighted by molar-refractivity contribution is 0.0558. The van der Waals surface area contributed by atoms with Crippen LogP contribution in [0.4, 0.5) is 0 Å². The van der Waals surface area contributed by atoms with Crippen molar-refractivity contribution in [3.8, 4) is 0 Å². The molecular formula is C26H42O4S. The van der Waals surface area contributed by atoms with Gasteiger partial charge in [0.25, 0.3) is 10.1 Å². The van der Waals surface area contributed by atoms with Gasteiger partial charge >= 0.3 is 0 Å². The zero-order valence-corrected chi connectivity index (χ0v) is 20.3. The second-order valence-electron chi connectivity index (χ2n) is 9.10. The van der Waals surface area contributed by atoms with Crippen molar-refractivity contribution in [2.45, 2.75) is 109 Å². The minimum Gasteiger partial charge on any atom is -0.368 e. The molecule has 0 spiro atoms. The highest BCUT2D eigenvalue weighted by Gasteiger charge is 2.53. The van der Waals surface area contributed by atoms with Crippen molar-refractivity contribution >= 4 is 16.2 Å². The molecule has 0 heterocycles. The molecule has 2 atom stereocenters. The van der Waals surface area contributed by atoms with Gasteiger partial charge in [0.1, 0.15) is 0 Å². The van der Waals surface area contributed by atoms with Crippen LogP contribution in [0.15, 0.2) is 29.8 Å². The van der Waals surface area contributed by atoms with Crippen molar-refractivity contribution in [2.24, 2.45) is 5.92 Å². The fourth-order valence-corrected chi connectivity index (χ4v) is 5.97. The van der Waals surface area contributed by atoms with Gasteiger partial charge in [0.2, 0.25) is 4.93 Å². The van der Waals surface area contributed by atoms with Crippen LogP contribution < -0.4 is 0 Å². The van der Waals surface area contributed by atoms with E-state index in [-0.39, 0.29) is 0 Å². The smallest absolute Gasteiger partial charge is 0.300 e. The number of unbranched alkanes of at least 4 members (excludes halogenated alkanes) is 10. The minimum atomic E-state index is -4.70. The molecular weight excluding hydrogens is 408 g/mol. The second kappa shape index (κ2) is 12.8. The standard InChI is InChI=1S/C26H42O4S/c1-3-5-7-9-11-13-17-22-21-23-18-15-16-20-25(23)26(27,31(28,29)30)24(22)19-14-12-10-8-6-4-2/h15-16,18,20-21,24,27H,3-14,17,19H2,1-2H3,(H,28,29,30). The van der Waals surface area contributed by atoms with Crippen LogP contribution in [0.3, 0.4) is 0 Å². The van der Waals surface area contributed by atoms with Crippen LogP contribution in [0.2, 0.25) is 0 Å². The maximum Gasteiger partial charge on any atom is 0.300 e. The highest BCUT2D eigenvalue weighted by atomic mass is 32.2. The maximum atomic E-state index is 12.5. The summed E-state index contributed by atoms with van der Waals surface area (Å²) >= 11 is 0. The minimum absolute atomic E-state index is 0.306. The van der Waals surface area contributed by atoms with Gasteiger partial charge in [0, 0.05) is 11.5 Å². The van der Waals surface area contributed by atoms with E-state index in [2.05, 4.69) is 19.9 Å². The molecule has 2 rings (SSSR count). The largest absolute Gasteiger partial charge is 0.368 e. The van der Waals surface area contributed by atoms with Crippen molar-refractivity contribution in [1.82, 2.24) is 0 Å². The SMILES string of the molecule is CCCCCCCCC1=Cc2ccccc2C(O)(S(=O)(=O)O)C1CCCCCCCC. The van der Waals surface area contributed by atoms with Gasteiger partial charge < -0.3 is 5.11 Å². The average Bonchev–Trinajstić information content (AvgIpc) is 2.74. The molecule has 0 saturated heterocycles. The number of hydrogen-bond donors (Lipinski definition) is 2. The Morgan fingerprint density at radius 3 is 2.00 bits per heavy atom. The fraction of sp³-hybridized carbons (Fsp3) is 0.692. The Labute approximate surface area is 189 Å². The number of fused-ring (bicyclic) bond motifs is 1. The van der Waals surface area contributed by atoms with E-state index in [1.54, 1.807) is 12.1 Å². The van der Waals surface area contributed by atoms with E-state index in [1.165, 1.54) is 44.9 Å². The molecule has 0 amide bonds. The lowest BCUT2D eigenvalue weighted by Crippen LogP contribution is -2.45. The fourth-order valence-electron chi connectivity index (χ4n) is 4.87. The van der Waals surface area contributed by atoms with E-state index in [0.29, 0.717) is 17.5 Å². The number of hydrogen-bond acceptors (Lipinski definition) is 3. The van der Waals surface area contributed by atoms with Crippen LogP contribution in [-0.4, -0.2) is 18.1 Å². The van der Waals surface area contributed by atoms with Gasteiger partial charge in [-0.2, -0.15) is 8.42 Å². The predicted octanol–water partition coefficient (Wildman–Crippen LogP) is 7.23. The van der Waals surface area contributed by atoms with Crippen molar-refractivity contribution in [3.63, 3.8) is 0 Å². The van der Waals surface area contributed by atoms with E-state index in [9.17, 15) is 18.1 Å². The van der Waals surface area contributed by atoms with Crippen molar-refractivity contribution in [2.75, 3.05) is 0 Å². The third-order valence-corrected chi connectivity index (χ3v) is 7.96. The van der Waals surface area contributed by atoms with Gasteiger partial charge in [-0.25, -0.2) is 0 Å². The van der Waals surface area contributed by atoms with Crippen LogP contribution in [0.5, 0.6) is 0 Å². The summed E-state index contributed by atoms with van der Waals surface area (Å²) in [6.45, 7) is 4.39. The van der Waals surface area contributed by atoms with E-state index in [1.807, 2.05) is 12.1 Å². The maximum absolute atomic E-state index is 12.5. The number of benzene rings is 1. The van der Waals surface area contributed by atoms with Crippen molar-refractivity contribution < 1.29 is 18.1 Å². The Balaban J connectivity index is 2.21. The van der Waals surface area contributed by atoms with Gasteiger partial charge in [-0.1, -0.05) is 120 Å². The highest BCUT2D eigenvalue weighted by molar-refractivity contribution is 7.86. The quantitative estimate of drug-likeness (QED) is 0.218. The summed E-state index contributed by atoms with van der Waals surface area (Å²) < 4.78 is 35.2. The zero-order valence-electron chi connectivity index (χ0n) is 19.5. The van der Waals surface area contributed by atoms with E-state index >= 15 is 0 Å². The van der Waals surface area contributed by atoms with Crippen LogP contribution >= 0.6 is 0 Å². The third-order valence-electron chi connectivity index (χ3n) is 6.67. The monoisotopic (exact) mass is 450 g/mol. The van der Waals surface area contributed by atoms with Gasteiger partial charge in [-0.3, -0.25) is 4.55 Å². The summed E-state index contributed by atoms with van der Waals surface area (Å²) in [5.74, 6) is -0.598. The molecule has 0 aliphatic heterocycles. The van der Waals surface area contributed by atoms with Crippen molar-refractivity contribution in [1.29, 1.82) is 0 Å². The molecule has 31 heavy (non-hydrogen) atoms. The van der Waals surface area contributed by atoms with Gasteiger partial charge in [-0.05, 0) is 24.8 Å². The molecule has 0 radical (unpaired) electrons. The van der Waals surface area contributed by atoms with E-state index in [0.717, 1.165) is 44.1 Å². The summed E-state index contributed by atoms with van der Waals surface area (Å²) in [7, 11) is -4.70. The molecule has 4 nitrogen and oxygen atoms in total. The summed E-state index contributed by atoms with van der Waals surface area (Å²) in [4.78, 5) is -2.26. The Kier molecular flexibility index (Phi) is 10.7. The number of aliphatic hydroxyl groups is 1. The lowest BCUT2D eigenvalue weighted by atomic mass is 9.76. The summed E-state index contributed by atoms with van der Waals surface area (Å²) in [6.07, 6.45) is 16.9. The molecule has 1 aliphatic carbocycles. The van der Waals surface area contributed by atoms with Gasteiger partial charge in [0.05, 0.1) is 0 Å². The van der Waals surface area contributed by atoms with E-state index < -0.39 is 21.0 Å². The first-order chi connectivity index (χ1) is 14.9. The van der Waals surface area contributed by atoms with Gasteiger partial charge in [-0.15, -0.1) is 0 Å². The Morgan fingerprint density at radius 1 is 0.839 bits per heavy atom. The Morgan fingerprint density at radius 2 is 1.39 bits per heavy atom. The lowest BCUT2D eigenvalue weighted by Gasteiger charge is -2.39. The van der Waals surface area contributed by atoms with Crippen LogP contribution in [0.1, 0.15) is 115 Å². The first-order valence-electron chi connectivity index (χ1n) is 12.4. The molecule has 176 valence electrons. The van der Waals surface area contributed by atoms with E-state index in [4.69, 9.17) is 0 Å². The predicted molar refractivity (Wildman–Crippen MR) is 129 cm³/mol. The molecule has 5 heteroatoms. The Bertz CT molecular complexity index is 799. The highest BCUT2D eigenvalue weighted by Crippen LogP contribution is 2.48. The molecule has 0 aromatic heterocycles. The molecule has 0 fully saturated rings. The van der Waals surface area contributed by atoms with Crippen LogP contribution in [0, 0.1) is 5.92 Å². The second-order valence-corrected chi connectivity index (χ2v) is 10.7. The molecule has 2 unspecified atom stereocenters. The molecule has 2 N–H and O–H groups in total. The van der Waals surface area contributed by atoms with Crippen LogP contribution in [-0.2, 0) is 15.1 Å². The van der Waals surface area contributed by atoms with Gasteiger partial charge in [0.15, 0.2) is 0 Å².